The third-order valence-corrected chi connectivity index (χ3v) is 3.75. The molecule has 1 atom stereocenters. The van der Waals surface area contributed by atoms with Crippen molar-refractivity contribution in [1.29, 1.82) is 0 Å². The van der Waals surface area contributed by atoms with Crippen LogP contribution in [0.3, 0.4) is 0 Å². The Morgan fingerprint density at radius 2 is 1.58 bits per heavy atom. The van der Waals surface area contributed by atoms with Gasteiger partial charge in [-0.2, -0.15) is 0 Å². The Kier molecular flexibility index (Phi) is 1.88. The zero-order valence-corrected chi connectivity index (χ0v) is 8.64. The number of ketones is 1. The van der Waals surface area contributed by atoms with Crippen LogP contribution in [0.1, 0.15) is 34.6 Å². The van der Waals surface area contributed by atoms with Gasteiger partial charge in [0.15, 0.2) is 5.78 Å². The van der Waals surface area contributed by atoms with Gasteiger partial charge in [0.1, 0.15) is 0 Å². The van der Waals surface area contributed by atoms with E-state index >= 15 is 0 Å². The van der Waals surface area contributed by atoms with Crippen LogP contribution in [0.15, 0.2) is 0 Å². The van der Waals surface area contributed by atoms with Crippen LogP contribution in [0, 0.1) is 16.7 Å². The molecule has 0 heterocycles. The van der Waals surface area contributed by atoms with E-state index in [-0.39, 0.29) is 28.6 Å². The maximum Gasteiger partial charge on any atom is 0.153 e. The first-order valence-corrected chi connectivity index (χ1v) is 4.52. The van der Waals surface area contributed by atoms with E-state index in [1.807, 2.05) is 0 Å². The van der Waals surface area contributed by atoms with Crippen LogP contribution in [-0.4, -0.2) is 11.8 Å². The molecular weight excluding hydrogens is 150 g/mol. The van der Waals surface area contributed by atoms with E-state index in [0.717, 1.165) is 0 Å². The highest BCUT2D eigenvalue weighted by Gasteiger charge is 2.67. The van der Waals surface area contributed by atoms with Crippen molar-refractivity contribution >= 4 is 5.78 Å². The summed E-state index contributed by atoms with van der Waals surface area (Å²) in [5.74, 6) is 0.370. The summed E-state index contributed by atoms with van der Waals surface area (Å²) in [6, 6.07) is -0.309. The Bertz CT molecular complexity index is 202. The first kappa shape index (κ1) is 9.72. The van der Waals surface area contributed by atoms with E-state index in [4.69, 9.17) is 5.73 Å². The minimum Gasteiger partial charge on any atom is -0.322 e. The molecule has 12 heavy (non-hydrogen) atoms. The van der Waals surface area contributed by atoms with Gasteiger partial charge in [-0.3, -0.25) is 4.79 Å². The number of hydrogen-bond acceptors (Lipinski definition) is 2. The Morgan fingerprint density at radius 3 is 1.67 bits per heavy atom. The predicted molar refractivity (Wildman–Crippen MR) is 49.7 cm³/mol. The molecule has 0 aromatic heterocycles. The molecule has 70 valence electrons. The van der Waals surface area contributed by atoms with Crippen molar-refractivity contribution in [2.75, 3.05) is 0 Å². The van der Waals surface area contributed by atoms with Crippen LogP contribution in [0.5, 0.6) is 0 Å². The molecule has 0 aromatic rings. The predicted octanol–water partition coefficient (Wildman–Crippen LogP) is 1.58. The Balaban J connectivity index is 2.78. The molecule has 1 fully saturated rings. The Labute approximate surface area is 74.5 Å². The van der Waals surface area contributed by atoms with Crippen LogP contribution in [-0.2, 0) is 4.79 Å². The van der Waals surface area contributed by atoms with E-state index in [2.05, 4.69) is 27.7 Å². The van der Waals surface area contributed by atoms with Crippen molar-refractivity contribution in [2.24, 2.45) is 22.5 Å². The summed E-state index contributed by atoms with van der Waals surface area (Å²) in [7, 11) is 0. The van der Waals surface area contributed by atoms with Crippen LogP contribution in [0.4, 0.5) is 0 Å². The van der Waals surface area contributed by atoms with Crippen LogP contribution in [0.25, 0.3) is 0 Å². The first-order chi connectivity index (χ1) is 5.23. The Morgan fingerprint density at radius 1 is 1.25 bits per heavy atom. The smallest absolute Gasteiger partial charge is 0.153 e. The molecule has 1 aliphatic carbocycles. The van der Waals surface area contributed by atoms with Crippen LogP contribution < -0.4 is 5.73 Å². The first-order valence-electron chi connectivity index (χ1n) is 4.52. The van der Waals surface area contributed by atoms with E-state index in [1.54, 1.807) is 6.92 Å². The van der Waals surface area contributed by atoms with E-state index in [1.165, 1.54) is 0 Å². The molecule has 0 aliphatic heterocycles. The lowest BCUT2D eigenvalue weighted by Gasteiger charge is -2.04. The fraction of sp³-hybridized carbons (Fsp3) is 0.900. The van der Waals surface area contributed by atoms with E-state index < -0.39 is 0 Å². The topological polar surface area (TPSA) is 43.1 Å². The van der Waals surface area contributed by atoms with Crippen molar-refractivity contribution < 1.29 is 4.79 Å². The average molecular weight is 169 g/mol. The molecule has 1 saturated carbocycles. The normalized spacial score (nSPS) is 28.2. The summed E-state index contributed by atoms with van der Waals surface area (Å²) in [4.78, 5) is 11.6. The van der Waals surface area contributed by atoms with Crippen molar-refractivity contribution in [3.05, 3.63) is 0 Å². The maximum atomic E-state index is 11.6. The lowest BCUT2D eigenvalue weighted by Crippen LogP contribution is -2.30. The fourth-order valence-corrected chi connectivity index (χ4v) is 2.17. The molecule has 0 aromatic carbocycles. The SMILES string of the molecule is CC(N)C(=O)C1C(C)(C)C1(C)C. The van der Waals surface area contributed by atoms with Gasteiger partial charge in [-0.25, -0.2) is 0 Å². The summed E-state index contributed by atoms with van der Waals surface area (Å²) in [6.07, 6.45) is 0. The molecule has 2 heteroatoms. The van der Waals surface area contributed by atoms with Gasteiger partial charge in [0.05, 0.1) is 6.04 Å². The number of carbonyl (C=O) groups is 1. The summed E-state index contributed by atoms with van der Waals surface area (Å²) in [5.41, 5.74) is 5.84. The van der Waals surface area contributed by atoms with Gasteiger partial charge in [0, 0.05) is 5.92 Å². The summed E-state index contributed by atoms with van der Waals surface area (Å²) < 4.78 is 0. The molecule has 1 aliphatic rings. The van der Waals surface area contributed by atoms with E-state index in [9.17, 15) is 4.79 Å². The third kappa shape index (κ3) is 1.01. The third-order valence-electron chi connectivity index (χ3n) is 3.75. The molecule has 0 radical (unpaired) electrons. The second-order valence-electron chi connectivity index (χ2n) is 5.07. The van der Waals surface area contributed by atoms with Crippen molar-refractivity contribution in [1.82, 2.24) is 0 Å². The molecule has 0 amide bonds. The number of nitrogens with two attached hydrogens (primary N) is 1. The highest BCUT2D eigenvalue weighted by Crippen LogP contribution is 2.68. The van der Waals surface area contributed by atoms with Gasteiger partial charge >= 0.3 is 0 Å². The molecular formula is C10H19NO. The van der Waals surface area contributed by atoms with Gasteiger partial charge < -0.3 is 5.73 Å². The molecule has 0 saturated heterocycles. The fourth-order valence-electron chi connectivity index (χ4n) is 2.17. The van der Waals surface area contributed by atoms with Crippen molar-refractivity contribution in [3.8, 4) is 0 Å². The second kappa shape index (κ2) is 2.32. The summed E-state index contributed by atoms with van der Waals surface area (Å²) in [5, 5.41) is 0. The quantitative estimate of drug-likeness (QED) is 0.682. The monoisotopic (exact) mass is 169 g/mol. The largest absolute Gasteiger partial charge is 0.322 e. The molecule has 1 rings (SSSR count). The zero-order valence-electron chi connectivity index (χ0n) is 8.64. The van der Waals surface area contributed by atoms with E-state index in [0.29, 0.717) is 0 Å². The number of rotatable bonds is 2. The average Bonchev–Trinajstić information content (AvgIpc) is 2.23. The summed E-state index contributed by atoms with van der Waals surface area (Å²) >= 11 is 0. The molecule has 2 N–H and O–H groups in total. The van der Waals surface area contributed by atoms with Gasteiger partial charge in [0.25, 0.3) is 0 Å². The lowest BCUT2D eigenvalue weighted by atomic mass is 10.0. The minimum atomic E-state index is -0.309. The molecule has 1 unspecified atom stereocenters. The summed E-state index contributed by atoms with van der Waals surface area (Å²) in [6.45, 7) is 10.3. The lowest BCUT2D eigenvalue weighted by molar-refractivity contribution is -0.122. The highest BCUT2D eigenvalue weighted by molar-refractivity contribution is 5.90. The minimum absolute atomic E-state index is 0.137. The van der Waals surface area contributed by atoms with Crippen molar-refractivity contribution in [3.63, 3.8) is 0 Å². The van der Waals surface area contributed by atoms with Crippen molar-refractivity contribution in [2.45, 2.75) is 40.7 Å². The van der Waals surface area contributed by atoms with Gasteiger partial charge in [0.2, 0.25) is 0 Å². The second-order valence-corrected chi connectivity index (χ2v) is 5.07. The van der Waals surface area contributed by atoms with Gasteiger partial charge in [-0.05, 0) is 17.8 Å². The molecule has 0 bridgehead atoms. The zero-order chi connectivity index (χ0) is 9.73. The number of Topliss-reactive ketones (excluding diaryl/α,β-unsaturated/α-hetero) is 1. The van der Waals surface area contributed by atoms with Gasteiger partial charge in [-0.15, -0.1) is 0 Å². The Hall–Kier alpha value is -0.370. The number of hydrogen-bond donors (Lipinski definition) is 1. The highest BCUT2D eigenvalue weighted by atomic mass is 16.1. The van der Waals surface area contributed by atoms with Crippen LogP contribution >= 0.6 is 0 Å². The maximum absolute atomic E-state index is 11.6. The molecule has 2 nitrogen and oxygen atoms in total. The molecule has 0 spiro atoms. The van der Waals surface area contributed by atoms with Crippen LogP contribution in [0.2, 0.25) is 0 Å². The number of carbonyl (C=O) groups excluding carboxylic acids is 1. The van der Waals surface area contributed by atoms with Gasteiger partial charge in [-0.1, -0.05) is 27.7 Å². The standard InChI is InChI=1S/C10H19NO/c1-6(11)7(12)8-9(2,3)10(8,4)5/h6,8H,11H2,1-5H3.